The highest BCUT2D eigenvalue weighted by Crippen LogP contribution is 2.26. The third-order valence-corrected chi connectivity index (χ3v) is 3.19. The summed E-state index contributed by atoms with van der Waals surface area (Å²) in [5, 5.41) is 13.5. The molecule has 0 spiro atoms. The number of unbranched alkanes of at least 4 members (excludes halogenated alkanes) is 4. The van der Waals surface area contributed by atoms with Crippen LogP contribution >= 0.6 is 0 Å². The molecule has 1 aromatic carbocycles. The molecular formula is C17H26N2O3. The van der Waals surface area contributed by atoms with Crippen LogP contribution in [0.5, 0.6) is 11.5 Å². The molecule has 5 nitrogen and oxygen atoms in total. The summed E-state index contributed by atoms with van der Waals surface area (Å²) in [6.07, 6.45) is 7.63. The lowest BCUT2D eigenvalue weighted by Crippen LogP contribution is -2.16. The van der Waals surface area contributed by atoms with Crippen molar-refractivity contribution in [3.8, 4) is 11.5 Å². The minimum atomic E-state index is -0.0726. The molecule has 0 aromatic heterocycles. The van der Waals surface area contributed by atoms with Crippen molar-refractivity contribution in [3.05, 3.63) is 23.8 Å². The van der Waals surface area contributed by atoms with Crippen LogP contribution in [0.25, 0.3) is 0 Å². The standard InChI is InChI=1S/C17H26N2O3/c1-3-5-6-7-8-9-17(21)19-18-13-14-10-11-15(20)16(12-14)22-4-2/h10-13,20H,3-9H2,1-2H3,(H,19,21)/b18-13-. The topological polar surface area (TPSA) is 70.9 Å². The molecule has 2 N–H and O–H groups in total. The van der Waals surface area contributed by atoms with Crippen molar-refractivity contribution in [2.24, 2.45) is 5.10 Å². The normalized spacial score (nSPS) is 10.8. The number of phenols is 1. The van der Waals surface area contributed by atoms with E-state index in [1.165, 1.54) is 25.5 Å². The third kappa shape index (κ3) is 7.11. The number of carbonyl (C=O) groups excluding carboxylic acids is 1. The van der Waals surface area contributed by atoms with Crippen molar-refractivity contribution in [1.29, 1.82) is 0 Å². The van der Waals surface area contributed by atoms with Crippen LogP contribution in [0.2, 0.25) is 0 Å². The van der Waals surface area contributed by atoms with Gasteiger partial charge in [-0.05, 0) is 37.1 Å². The van der Waals surface area contributed by atoms with Crippen molar-refractivity contribution in [2.45, 2.75) is 52.4 Å². The van der Waals surface area contributed by atoms with Crippen LogP contribution in [-0.2, 0) is 4.79 Å². The molecule has 0 saturated carbocycles. The summed E-state index contributed by atoms with van der Waals surface area (Å²) in [5.74, 6) is 0.431. The van der Waals surface area contributed by atoms with Gasteiger partial charge in [-0.25, -0.2) is 5.43 Å². The fourth-order valence-electron chi connectivity index (χ4n) is 2.01. The van der Waals surface area contributed by atoms with E-state index in [0.29, 0.717) is 18.8 Å². The minimum absolute atomic E-state index is 0.0726. The van der Waals surface area contributed by atoms with E-state index in [1.54, 1.807) is 18.2 Å². The smallest absolute Gasteiger partial charge is 0.240 e. The first-order valence-electron chi connectivity index (χ1n) is 7.95. The van der Waals surface area contributed by atoms with Gasteiger partial charge in [0.1, 0.15) is 0 Å². The number of ether oxygens (including phenoxy) is 1. The van der Waals surface area contributed by atoms with Crippen molar-refractivity contribution in [1.82, 2.24) is 5.43 Å². The Morgan fingerprint density at radius 1 is 1.27 bits per heavy atom. The molecule has 0 atom stereocenters. The lowest BCUT2D eigenvalue weighted by molar-refractivity contribution is -0.121. The molecule has 0 heterocycles. The van der Waals surface area contributed by atoms with Gasteiger partial charge in [0, 0.05) is 6.42 Å². The molecule has 1 aromatic rings. The molecule has 122 valence electrons. The van der Waals surface area contributed by atoms with Gasteiger partial charge in [0.25, 0.3) is 0 Å². The molecule has 0 saturated heterocycles. The molecule has 0 unspecified atom stereocenters. The molecule has 22 heavy (non-hydrogen) atoms. The van der Waals surface area contributed by atoms with E-state index in [-0.39, 0.29) is 11.7 Å². The first-order valence-corrected chi connectivity index (χ1v) is 7.95. The number of aromatic hydroxyl groups is 1. The number of nitrogens with one attached hydrogen (secondary N) is 1. The van der Waals surface area contributed by atoms with E-state index in [0.717, 1.165) is 18.4 Å². The number of hydrogen-bond acceptors (Lipinski definition) is 4. The largest absolute Gasteiger partial charge is 0.504 e. The molecule has 0 bridgehead atoms. The maximum atomic E-state index is 11.6. The van der Waals surface area contributed by atoms with Gasteiger partial charge in [-0.15, -0.1) is 0 Å². The Labute approximate surface area is 132 Å². The zero-order valence-corrected chi connectivity index (χ0v) is 13.5. The Bertz CT molecular complexity index is 487. The van der Waals surface area contributed by atoms with Gasteiger partial charge in [0.15, 0.2) is 11.5 Å². The average molecular weight is 306 g/mol. The number of hydrazone groups is 1. The highest BCUT2D eigenvalue weighted by Gasteiger charge is 2.02. The Morgan fingerprint density at radius 3 is 2.77 bits per heavy atom. The molecule has 5 heteroatoms. The van der Waals surface area contributed by atoms with Crippen LogP contribution in [0, 0.1) is 0 Å². The summed E-state index contributed by atoms with van der Waals surface area (Å²) in [6.45, 7) is 4.49. The van der Waals surface area contributed by atoms with Gasteiger partial charge in [-0.2, -0.15) is 5.10 Å². The van der Waals surface area contributed by atoms with E-state index in [2.05, 4.69) is 17.5 Å². The van der Waals surface area contributed by atoms with Crippen LogP contribution in [-0.4, -0.2) is 23.8 Å². The van der Waals surface area contributed by atoms with Crippen LogP contribution in [0.15, 0.2) is 23.3 Å². The number of phenolic OH excluding ortho intramolecular Hbond substituents is 1. The summed E-state index contributed by atoms with van der Waals surface area (Å²) in [7, 11) is 0. The summed E-state index contributed by atoms with van der Waals surface area (Å²) in [6, 6.07) is 4.93. The highest BCUT2D eigenvalue weighted by molar-refractivity contribution is 5.83. The Kier molecular flexibility index (Phi) is 8.72. The van der Waals surface area contributed by atoms with Crippen molar-refractivity contribution in [3.63, 3.8) is 0 Å². The predicted octanol–water partition coefficient (Wildman–Crippen LogP) is 3.60. The van der Waals surface area contributed by atoms with Crippen molar-refractivity contribution < 1.29 is 14.6 Å². The molecule has 1 amide bonds. The number of amides is 1. The zero-order chi connectivity index (χ0) is 16.2. The molecule has 0 radical (unpaired) electrons. The molecular weight excluding hydrogens is 280 g/mol. The lowest BCUT2D eigenvalue weighted by atomic mass is 10.1. The second kappa shape index (κ2) is 10.7. The first-order chi connectivity index (χ1) is 10.7. The van der Waals surface area contributed by atoms with Gasteiger partial charge in [0.2, 0.25) is 5.91 Å². The van der Waals surface area contributed by atoms with E-state index in [1.807, 2.05) is 6.92 Å². The first kappa shape index (κ1) is 18.0. The Balaban J connectivity index is 2.35. The summed E-state index contributed by atoms with van der Waals surface area (Å²) in [4.78, 5) is 11.6. The zero-order valence-electron chi connectivity index (χ0n) is 13.5. The fourth-order valence-corrected chi connectivity index (χ4v) is 2.01. The number of nitrogens with zero attached hydrogens (tertiary/aromatic N) is 1. The molecule has 0 aliphatic heterocycles. The lowest BCUT2D eigenvalue weighted by Gasteiger charge is -2.06. The molecule has 1 rings (SSSR count). The van der Waals surface area contributed by atoms with Crippen LogP contribution in [0.4, 0.5) is 0 Å². The maximum absolute atomic E-state index is 11.6. The molecule has 0 aliphatic rings. The van der Waals surface area contributed by atoms with Gasteiger partial charge in [0.05, 0.1) is 12.8 Å². The SMILES string of the molecule is CCCCCCCC(=O)N/N=C\c1ccc(O)c(OCC)c1. The van der Waals surface area contributed by atoms with Gasteiger partial charge in [-0.1, -0.05) is 32.6 Å². The molecule has 0 aliphatic carbocycles. The van der Waals surface area contributed by atoms with Crippen LogP contribution in [0.1, 0.15) is 57.9 Å². The summed E-state index contributed by atoms with van der Waals surface area (Å²) < 4.78 is 5.29. The average Bonchev–Trinajstić information content (AvgIpc) is 2.50. The third-order valence-electron chi connectivity index (χ3n) is 3.19. The van der Waals surface area contributed by atoms with Gasteiger partial charge < -0.3 is 9.84 Å². The minimum Gasteiger partial charge on any atom is -0.504 e. The Hall–Kier alpha value is -2.04. The summed E-state index contributed by atoms with van der Waals surface area (Å²) in [5.41, 5.74) is 3.27. The van der Waals surface area contributed by atoms with Gasteiger partial charge in [-0.3, -0.25) is 4.79 Å². The van der Waals surface area contributed by atoms with Crippen LogP contribution < -0.4 is 10.2 Å². The molecule has 0 fully saturated rings. The van der Waals surface area contributed by atoms with Crippen LogP contribution in [0.3, 0.4) is 0 Å². The monoisotopic (exact) mass is 306 g/mol. The Morgan fingerprint density at radius 2 is 2.05 bits per heavy atom. The highest BCUT2D eigenvalue weighted by atomic mass is 16.5. The van der Waals surface area contributed by atoms with E-state index in [4.69, 9.17) is 4.74 Å². The summed E-state index contributed by atoms with van der Waals surface area (Å²) >= 11 is 0. The second-order valence-electron chi connectivity index (χ2n) is 5.12. The van der Waals surface area contributed by atoms with E-state index >= 15 is 0 Å². The number of hydrogen-bond donors (Lipinski definition) is 2. The van der Waals surface area contributed by atoms with E-state index in [9.17, 15) is 9.90 Å². The number of benzene rings is 1. The maximum Gasteiger partial charge on any atom is 0.240 e. The predicted molar refractivity (Wildman–Crippen MR) is 88.4 cm³/mol. The quantitative estimate of drug-likeness (QED) is 0.394. The second-order valence-corrected chi connectivity index (χ2v) is 5.12. The fraction of sp³-hybridized carbons (Fsp3) is 0.529. The van der Waals surface area contributed by atoms with Crippen molar-refractivity contribution in [2.75, 3.05) is 6.61 Å². The van der Waals surface area contributed by atoms with Gasteiger partial charge >= 0.3 is 0 Å². The van der Waals surface area contributed by atoms with E-state index < -0.39 is 0 Å². The number of carbonyl (C=O) groups is 1. The van der Waals surface area contributed by atoms with Crippen molar-refractivity contribution >= 4 is 12.1 Å². The number of rotatable bonds is 10.